The molecular weight excluding hydrogens is 423 g/mol. The Labute approximate surface area is 179 Å². The Bertz CT molecular complexity index is 1260. The minimum atomic E-state index is -4.19. The van der Waals surface area contributed by atoms with Crippen LogP contribution in [0.1, 0.15) is 5.56 Å². The first-order chi connectivity index (χ1) is 14.9. The monoisotopic (exact) mass is 442 g/mol. The third-order valence-electron chi connectivity index (χ3n) is 4.94. The number of nitrogens with zero attached hydrogens (tertiary/aromatic N) is 2. The molecule has 0 bridgehead atoms. The molecule has 160 valence electrons. The van der Waals surface area contributed by atoms with Gasteiger partial charge in [0.1, 0.15) is 16.3 Å². The van der Waals surface area contributed by atoms with Crippen LogP contribution in [0.3, 0.4) is 0 Å². The Morgan fingerprint density at radius 2 is 1.52 bits per heavy atom. The fourth-order valence-corrected chi connectivity index (χ4v) is 5.09. The number of benzene rings is 3. The van der Waals surface area contributed by atoms with Crippen molar-refractivity contribution in [2.45, 2.75) is 11.4 Å². The molecule has 0 radical (unpaired) electrons. The maximum atomic E-state index is 14.2. The van der Waals surface area contributed by atoms with Crippen molar-refractivity contribution in [3.8, 4) is 11.5 Å². The maximum absolute atomic E-state index is 14.2. The molecule has 1 aliphatic heterocycles. The summed E-state index contributed by atoms with van der Waals surface area (Å²) in [4.78, 5) is 14.7. The van der Waals surface area contributed by atoms with E-state index < -0.39 is 21.9 Å². The summed E-state index contributed by atoms with van der Waals surface area (Å²) >= 11 is 0. The number of hydrogen-bond acceptors (Lipinski definition) is 5. The molecule has 0 atom stereocenters. The molecule has 7 nitrogen and oxygen atoms in total. The van der Waals surface area contributed by atoms with Crippen LogP contribution in [0.5, 0.6) is 11.5 Å². The lowest BCUT2D eigenvalue weighted by Gasteiger charge is -2.36. The average molecular weight is 442 g/mol. The zero-order chi connectivity index (χ0) is 22.2. The number of methoxy groups -OCH3 is 2. The molecule has 0 unspecified atom stereocenters. The van der Waals surface area contributed by atoms with Crippen LogP contribution in [0.15, 0.2) is 71.6 Å². The van der Waals surface area contributed by atoms with Gasteiger partial charge in [0.2, 0.25) is 0 Å². The highest BCUT2D eigenvalue weighted by Gasteiger charge is 2.43. The van der Waals surface area contributed by atoms with Crippen LogP contribution in [0, 0.1) is 5.82 Å². The van der Waals surface area contributed by atoms with Crippen molar-refractivity contribution in [3.05, 3.63) is 78.1 Å². The van der Waals surface area contributed by atoms with Gasteiger partial charge >= 0.3 is 6.03 Å². The third-order valence-corrected chi connectivity index (χ3v) is 6.67. The van der Waals surface area contributed by atoms with Crippen LogP contribution in [-0.4, -0.2) is 28.7 Å². The van der Waals surface area contributed by atoms with Gasteiger partial charge in [0, 0.05) is 0 Å². The largest absolute Gasteiger partial charge is 0.495 e. The summed E-state index contributed by atoms with van der Waals surface area (Å²) in [6.07, 6.45) is 0. The Kier molecular flexibility index (Phi) is 5.28. The third kappa shape index (κ3) is 3.46. The fraction of sp³-hybridized carbons (Fsp3) is 0.136. The Balaban J connectivity index is 1.86. The standard InChI is InChI=1S/C22H19FN2O5S/c1-29-19-12-11-15(13-16(19)23)14-24-18-8-4-6-10-21(18)31(27,28)25(22(24)26)17-7-3-5-9-20(17)30-2/h3-13H,14H2,1-2H3. The Hall–Kier alpha value is -3.59. The second kappa shape index (κ2) is 7.92. The van der Waals surface area contributed by atoms with E-state index in [0.29, 0.717) is 9.87 Å². The second-order valence-electron chi connectivity index (χ2n) is 6.75. The van der Waals surface area contributed by atoms with Gasteiger partial charge in [-0.3, -0.25) is 4.90 Å². The van der Waals surface area contributed by atoms with Crippen molar-refractivity contribution >= 4 is 27.4 Å². The SMILES string of the molecule is COc1ccc(CN2C(=O)N(c3ccccc3OC)S(=O)(=O)c3ccccc32)cc1F. The van der Waals surface area contributed by atoms with Crippen LogP contribution >= 0.6 is 0 Å². The predicted octanol–water partition coefficient (Wildman–Crippen LogP) is 4.18. The molecule has 1 aliphatic rings. The zero-order valence-electron chi connectivity index (χ0n) is 16.8. The van der Waals surface area contributed by atoms with Gasteiger partial charge in [0.15, 0.2) is 11.6 Å². The minimum Gasteiger partial charge on any atom is -0.495 e. The predicted molar refractivity (Wildman–Crippen MR) is 114 cm³/mol. The second-order valence-corrected chi connectivity index (χ2v) is 8.50. The number of rotatable bonds is 5. The lowest BCUT2D eigenvalue weighted by atomic mass is 10.1. The zero-order valence-corrected chi connectivity index (χ0v) is 17.6. The van der Waals surface area contributed by atoms with Gasteiger partial charge in [-0.25, -0.2) is 17.6 Å². The molecular formula is C22H19FN2O5S. The molecule has 0 saturated heterocycles. The normalized spacial score (nSPS) is 14.9. The molecule has 0 spiro atoms. The summed E-state index contributed by atoms with van der Waals surface area (Å²) in [5, 5.41) is 0. The van der Waals surface area contributed by atoms with Gasteiger partial charge in [-0.1, -0.05) is 30.3 Å². The van der Waals surface area contributed by atoms with Crippen molar-refractivity contribution in [1.29, 1.82) is 0 Å². The number of anilines is 2. The number of para-hydroxylation sites is 3. The van der Waals surface area contributed by atoms with Gasteiger partial charge in [-0.15, -0.1) is 0 Å². The number of fused-ring (bicyclic) bond motifs is 1. The van der Waals surface area contributed by atoms with Crippen molar-refractivity contribution in [3.63, 3.8) is 0 Å². The van der Waals surface area contributed by atoms with Crippen molar-refractivity contribution in [2.75, 3.05) is 23.4 Å². The number of carbonyl (C=O) groups excluding carboxylic acids is 1. The number of urea groups is 1. The first-order valence-corrected chi connectivity index (χ1v) is 10.7. The highest BCUT2D eigenvalue weighted by Crippen LogP contribution is 2.41. The molecule has 1 heterocycles. The average Bonchev–Trinajstić information content (AvgIpc) is 2.77. The van der Waals surface area contributed by atoms with Crippen molar-refractivity contribution in [1.82, 2.24) is 0 Å². The van der Waals surface area contributed by atoms with Gasteiger partial charge in [0.25, 0.3) is 10.0 Å². The Morgan fingerprint density at radius 1 is 0.871 bits per heavy atom. The molecule has 3 aromatic rings. The van der Waals surface area contributed by atoms with E-state index in [0.717, 1.165) is 0 Å². The quantitative estimate of drug-likeness (QED) is 0.593. The molecule has 4 rings (SSSR count). The smallest absolute Gasteiger partial charge is 0.343 e. The summed E-state index contributed by atoms with van der Waals surface area (Å²) in [5.74, 6) is -0.270. The number of ether oxygens (including phenoxy) is 2. The fourth-order valence-electron chi connectivity index (χ4n) is 3.49. The summed E-state index contributed by atoms with van der Waals surface area (Å²) < 4.78 is 51.9. The molecule has 31 heavy (non-hydrogen) atoms. The van der Waals surface area contributed by atoms with Gasteiger partial charge in [-0.05, 0) is 42.0 Å². The lowest BCUT2D eigenvalue weighted by molar-refractivity contribution is 0.253. The molecule has 3 aromatic carbocycles. The van der Waals surface area contributed by atoms with E-state index in [2.05, 4.69) is 0 Å². The van der Waals surface area contributed by atoms with E-state index in [1.807, 2.05) is 0 Å². The first kappa shape index (κ1) is 20.7. The van der Waals surface area contributed by atoms with Gasteiger partial charge < -0.3 is 9.47 Å². The van der Waals surface area contributed by atoms with E-state index in [4.69, 9.17) is 9.47 Å². The van der Waals surface area contributed by atoms with Crippen LogP contribution < -0.4 is 18.7 Å². The van der Waals surface area contributed by atoms with E-state index in [9.17, 15) is 17.6 Å². The summed E-state index contributed by atoms with van der Waals surface area (Å²) in [7, 11) is -1.44. The van der Waals surface area contributed by atoms with Gasteiger partial charge in [-0.2, -0.15) is 4.31 Å². The molecule has 0 aromatic heterocycles. The van der Waals surface area contributed by atoms with E-state index in [-0.39, 0.29) is 34.3 Å². The van der Waals surface area contributed by atoms with Crippen molar-refractivity contribution < 1.29 is 27.1 Å². The van der Waals surface area contributed by atoms with E-state index in [1.165, 1.54) is 43.4 Å². The van der Waals surface area contributed by atoms with E-state index >= 15 is 0 Å². The Morgan fingerprint density at radius 3 is 2.19 bits per heavy atom. The molecule has 0 N–H and O–H groups in total. The number of carbonyl (C=O) groups is 1. The number of hydrogen-bond donors (Lipinski definition) is 0. The van der Waals surface area contributed by atoms with Crippen LogP contribution in [-0.2, 0) is 16.6 Å². The van der Waals surface area contributed by atoms with Crippen LogP contribution in [0.4, 0.5) is 20.6 Å². The molecule has 9 heteroatoms. The topological polar surface area (TPSA) is 76.2 Å². The molecule has 2 amide bonds. The molecule has 0 aliphatic carbocycles. The van der Waals surface area contributed by atoms with Crippen LogP contribution in [0.25, 0.3) is 0 Å². The van der Waals surface area contributed by atoms with Gasteiger partial charge in [0.05, 0.1) is 26.5 Å². The maximum Gasteiger partial charge on any atom is 0.343 e. The number of sulfonamides is 1. The number of halogens is 1. The van der Waals surface area contributed by atoms with E-state index in [1.54, 1.807) is 42.5 Å². The van der Waals surface area contributed by atoms with Crippen molar-refractivity contribution in [2.24, 2.45) is 0 Å². The summed E-state index contributed by atoms with van der Waals surface area (Å²) in [6, 6.07) is 16.1. The highest BCUT2D eigenvalue weighted by atomic mass is 32.2. The summed E-state index contributed by atoms with van der Waals surface area (Å²) in [6.45, 7) is -0.0437. The minimum absolute atomic E-state index is 0.0329. The highest BCUT2D eigenvalue weighted by molar-refractivity contribution is 7.94. The lowest BCUT2D eigenvalue weighted by Crippen LogP contribution is -2.50. The number of amides is 2. The molecule has 0 fully saturated rings. The first-order valence-electron chi connectivity index (χ1n) is 9.29. The molecule has 0 saturated carbocycles. The van der Waals surface area contributed by atoms with Crippen LogP contribution in [0.2, 0.25) is 0 Å². The summed E-state index contributed by atoms with van der Waals surface area (Å²) in [5.41, 5.74) is 0.783.